The minimum Gasteiger partial charge on any atom is -0.352 e. The van der Waals surface area contributed by atoms with Gasteiger partial charge in [-0.3, -0.25) is 4.57 Å². The average Bonchev–Trinajstić information content (AvgIpc) is 3.25. The van der Waals surface area contributed by atoms with Gasteiger partial charge in [-0.2, -0.15) is 9.97 Å². The molecule has 112 valence electrons. The van der Waals surface area contributed by atoms with E-state index in [2.05, 4.69) is 25.2 Å². The lowest BCUT2D eigenvalue weighted by Gasteiger charge is -2.28. The van der Waals surface area contributed by atoms with Crippen LogP contribution in [0.15, 0.2) is 4.79 Å². The molecule has 0 bridgehead atoms. The van der Waals surface area contributed by atoms with Crippen LogP contribution in [0.1, 0.15) is 12.8 Å². The summed E-state index contributed by atoms with van der Waals surface area (Å²) in [6, 6.07) is 0. The third-order valence-corrected chi connectivity index (χ3v) is 4.30. The van der Waals surface area contributed by atoms with Gasteiger partial charge in [-0.1, -0.05) is 0 Å². The summed E-state index contributed by atoms with van der Waals surface area (Å²) in [5.41, 5.74) is 1.21. The number of rotatable bonds is 3. The number of H-pyrrole nitrogens is 1. The predicted molar refractivity (Wildman–Crippen MR) is 81.0 cm³/mol. The molecule has 4 rings (SSSR count). The van der Waals surface area contributed by atoms with Crippen molar-refractivity contribution >= 4 is 28.6 Å². The van der Waals surface area contributed by atoms with Crippen LogP contribution >= 0.6 is 11.6 Å². The second kappa shape index (κ2) is 4.99. The largest absolute Gasteiger partial charge is 0.352 e. The number of halogens is 1. The van der Waals surface area contributed by atoms with E-state index in [0.717, 1.165) is 32.0 Å². The molecule has 21 heavy (non-hydrogen) atoms. The van der Waals surface area contributed by atoms with E-state index in [1.165, 1.54) is 12.8 Å². The number of aromatic amines is 1. The van der Waals surface area contributed by atoms with Gasteiger partial charge in [0.05, 0.1) is 0 Å². The van der Waals surface area contributed by atoms with Crippen LogP contribution in [0.2, 0.25) is 5.28 Å². The fourth-order valence-electron chi connectivity index (χ4n) is 2.82. The molecule has 1 aliphatic heterocycles. The van der Waals surface area contributed by atoms with Crippen LogP contribution in [0, 0.1) is 5.92 Å². The van der Waals surface area contributed by atoms with Crippen LogP contribution in [0.4, 0.5) is 5.82 Å². The van der Waals surface area contributed by atoms with Crippen molar-refractivity contribution in [3.63, 3.8) is 0 Å². The molecular formula is C13H17ClN6O. The van der Waals surface area contributed by atoms with E-state index in [1.807, 2.05) is 0 Å². The Morgan fingerprint density at radius 1 is 1.24 bits per heavy atom. The van der Waals surface area contributed by atoms with Crippen molar-refractivity contribution in [2.45, 2.75) is 19.4 Å². The van der Waals surface area contributed by atoms with Crippen molar-refractivity contribution in [2.24, 2.45) is 5.92 Å². The van der Waals surface area contributed by atoms with Gasteiger partial charge in [-0.25, -0.2) is 4.79 Å². The molecule has 2 aromatic rings. The first-order valence-electron chi connectivity index (χ1n) is 7.34. The molecule has 2 fully saturated rings. The normalized spacial score (nSPS) is 19.4. The van der Waals surface area contributed by atoms with Gasteiger partial charge in [0, 0.05) is 32.7 Å². The summed E-state index contributed by atoms with van der Waals surface area (Å²) in [6.07, 6.45) is 2.37. The molecule has 1 saturated heterocycles. The molecule has 1 aliphatic carbocycles. The minimum absolute atomic E-state index is 0.121. The Labute approximate surface area is 126 Å². The second-order valence-corrected chi connectivity index (χ2v) is 6.07. The number of nitrogens with one attached hydrogen (secondary N) is 2. The standard InChI is InChI=1S/C13H17ClN6O/c14-12-17-10(19-5-3-15-4-6-19)9-11(18-12)20(13(21)16-9)7-8-1-2-8/h8,15H,1-7H2,(H,16,21). The lowest BCUT2D eigenvalue weighted by Crippen LogP contribution is -2.44. The number of nitrogens with zero attached hydrogens (tertiary/aromatic N) is 4. The van der Waals surface area contributed by atoms with Crippen LogP contribution < -0.4 is 15.9 Å². The molecule has 8 heteroatoms. The zero-order chi connectivity index (χ0) is 14.4. The van der Waals surface area contributed by atoms with E-state index in [9.17, 15) is 4.79 Å². The number of hydrogen-bond acceptors (Lipinski definition) is 5. The van der Waals surface area contributed by atoms with Gasteiger partial charge in [-0.05, 0) is 30.4 Å². The Bertz CT molecular complexity index is 728. The summed E-state index contributed by atoms with van der Waals surface area (Å²) in [4.78, 5) is 25.9. The number of aromatic nitrogens is 4. The maximum atomic E-state index is 12.2. The molecule has 0 amide bonds. The highest BCUT2D eigenvalue weighted by molar-refractivity contribution is 6.28. The molecule has 0 aromatic carbocycles. The Morgan fingerprint density at radius 3 is 2.71 bits per heavy atom. The van der Waals surface area contributed by atoms with E-state index in [4.69, 9.17) is 11.6 Å². The Morgan fingerprint density at radius 2 is 2.00 bits per heavy atom. The van der Waals surface area contributed by atoms with Crippen molar-refractivity contribution in [1.29, 1.82) is 0 Å². The fourth-order valence-corrected chi connectivity index (χ4v) is 2.98. The number of hydrogen-bond donors (Lipinski definition) is 2. The Balaban J connectivity index is 1.84. The quantitative estimate of drug-likeness (QED) is 0.812. The molecule has 0 radical (unpaired) electrons. The van der Waals surface area contributed by atoms with Gasteiger partial charge >= 0.3 is 5.69 Å². The second-order valence-electron chi connectivity index (χ2n) is 5.74. The Hall–Kier alpha value is -1.60. The maximum absolute atomic E-state index is 12.2. The number of piperazine rings is 1. The molecule has 0 spiro atoms. The first kappa shape index (κ1) is 13.1. The van der Waals surface area contributed by atoms with Gasteiger partial charge in [0.25, 0.3) is 0 Å². The van der Waals surface area contributed by atoms with Crippen LogP contribution in [0.5, 0.6) is 0 Å². The lowest BCUT2D eigenvalue weighted by molar-refractivity contribution is 0.585. The molecular weight excluding hydrogens is 292 g/mol. The van der Waals surface area contributed by atoms with Gasteiger partial charge in [0.2, 0.25) is 5.28 Å². The molecule has 0 atom stereocenters. The van der Waals surface area contributed by atoms with Crippen LogP contribution in [-0.2, 0) is 6.54 Å². The fraction of sp³-hybridized carbons (Fsp3) is 0.615. The van der Waals surface area contributed by atoms with Crippen molar-refractivity contribution in [1.82, 2.24) is 24.8 Å². The van der Waals surface area contributed by atoms with E-state index < -0.39 is 0 Å². The highest BCUT2D eigenvalue weighted by Gasteiger charge is 2.26. The van der Waals surface area contributed by atoms with Gasteiger partial charge in [-0.15, -0.1) is 0 Å². The molecule has 0 unspecified atom stereocenters. The Kier molecular flexibility index (Phi) is 3.11. The van der Waals surface area contributed by atoms with E-state index in [1.54, 1.807) is 4.57 Å². The van der Waals surface area contributed by atoms with Gasteiger partial charge < -0.3 is 15.2 Å². The van der Waals surface area contributed by atoms with Crippen LogP contribution in [-0.4, -0.2) is 45.7 Å². The van der Waals surface area contributed by atoms with Crippen molar-refractivity contribution in [3.8, 4) is 0 Å². The topological polar surface area (TPSA) is 78.8 Å². The summed E-state index contributed by atoms with van der Waals surface area (Å²) in [6.45, 7) is 4.20. The number of anilines is 1. The summed E-state index contributed by atoms with van der Waals surface area (Å²) in [7, 11) is 0. The third-order valence-electron chi connectivity index (χ3n) is 4.13. The zero-order valence-electron chi connectivity index (χ0n) is 11.6. The first-order chi connectivity index (χ1) is 10.2. The summed E-state index contributed by atoms with van der Waals surface area (Å²) in [5.74, 6) is 1.33. The highest BCUT2D eigenvalue weighted by atomic mass is 35.5. The third kappa shape index (κ3) is 2.40. The molecule has 1 saturated carbocycles. The molecule has 2 N–H and O–H groups in total. The predicted octanol–water partition coefficient (Wildman–Crippen LogP) is 0.593. The highest BCUT2D eigenvalue weighted by Crippen LogP contribution is 2.31. The molecule has 7 nitrogen and oxygen atoms in total. The van der Waals surface area contributed by atoms with Gasteiger partial charge in [0.1, 0.15) is 5.52 Å². The number of imidazole rings is 1. The number of fused-ring (bicyclic) bond motifs is 1. The van der Waals surface area contributed by atoms with Crippen molar-refractivity contribution in [3.05, 3.63) is 15.8 Å². The molecule has 3 heterocycles. The van der Waals surface area contributed by atoms with Crippen molar-refractivity contribution < 1.29 is 0 Å². The molecule has 2 aliphatic rings. The maximum Gasteiger partial charge on any atom is 0.327 e. The van der Waals surface area contributed by atoms with E-state index in [0.29, 0.717) is 23.6 Å². The van der Waals surface area contributed by atoms with Gasteiger partial charge in [0.15, 0.2) is 11.5 Å². The summed E-state index contributed by atoms with van der Waals surface area (Å²) < 4.78 is 1.70. The first-order valence-corrected chi connectivity index (χ1v) is 7.72. The van der Waals surface area contributed by atoms with E-state index >= 15 is 0 Å². The zero-order valence-corrected chi connectivity index (χ0v) is 12.4. The van der Waals surface area contributed by atoms with Crippen LogP contribution in [0.25, 0.3) is 11.2 Å². The summed E-state index contributed by atoms with van der Waals surface area (Å²) >= 11 is 6.08. The SMILES string of the molecule is O=c1[nH]c2c(N3CCNCC3)nc(Cl)nc2n1CC1CC1. The van der Waals surface area contributed by atoms with Crippen molar-refractivity contribution in [2.75, 3.05) is 31.1 Å². The average molecular weight is 309 g/mol. The van der Waals surface area contributed by atoms with Crippen LogP contribution in [0.3, 0.4) is 0 Å². The smallest absolute Gasteiger partial charge is 0.327 e. The molecule has 2 aromatic heterocycles. The van der Waals surface area contributed by atoms with E-state index in [-0.39, 0.29) is 11.0 Å². The monoisotopic (exact) mass is 308 g/mol. The minimum atomic E-state index is -0.121. The lowest BCUT2D eigenvalue weighted by atomic mass is 10.3. The summed E-state index contributed by atoms with van der Waals surface area (Å²) in [5, 5.41) is 3.50.